The Bertz CT molecular complexity index is 1030. The summed E-state index contributed by atoms with van der Waals surface area (Å²) in [4.78, 5) is 25.8. The number of hydrogen-bond acceptors (Lipinski definition) is 5. The first-order valence-corrected chi connectivity index (χ1v) is 14.0. The molecular formula is C30H46O6. The van der Waals surface area contributed by atoms with E-state index in [1.807, 2.05) is 20.8 Å². The van der Waals surface area contributed by atoms with Gasteiger partial charge in [-0.2, -0.15) is 0 Å². The predicted molar refractivity (Wildman–Crippen MR) is 136 cm³/mol. The molecule has 4 fully saturated rings. The highest BCUT2D eigenvalue weighted by Gasteiger charge is 2.74. The molecule has 0 spiro atoms. The second-order valence-corrected chi connectivity index (χ2v) is 14.8. The van der Waals surface area contributed by atoms with Crippen LogP contribution in [0.25, 0.3) is 0 Å². The van der Waals surface area contributed by atoms with Gasteiger partial charge in [0.05, 0.1) is 17.8 Å². The molecule has 5 rings (SSSR count). The highest BCUT2D eigenvalue weighted by molar-refractivity contribution is 5.85. The number of carbonyl (C=O) groups is 2. The molecule has 4 saturated carbocycles. The molecule has 6 nitrogen and oxygen atoms in total. The van der Waals surface area contributed by atoms with Gasteiger partial charge in [0, 0.05) is 23.7 Å². The van der Waals surface area contributed by atoms with E-state index in [0.29, 0.717) is 25.7 Å². The van der Waals surface area contributed by atoms with Crippen LogP contribution in [0.3, 0.4) is 0 Å². The number of allylic oxidation sites excluding steroid dienone is 1. The molecule has 0 heterocycles. The summed E-state index contributed by atoms with van der Waals surface area (Å²) >= 11 is 0. The lowest BCUT2D eigenvalue weighted by molar-refractivity contribution is -0.240. The molecule has 0 aromatic carbocycles. The van der Waals surface area contributed by atoms with Gasteiger partial charge in [-0.15, -0.1) is 0 Å². The van der Waals surface area contributed by atoms with E-state index in [4.69, 9.17) is 0 Å². The van der Waals surface area contributed by atoms with Crippen molar-refractivity contribution in [2.45, 2.75) is 111 Å². The van der Waals surface area contributed by atoms with Crippen molar-refractivity contribution in [3.05, 3.63) is 11.6 Å². The third kappa shape index (κ3) is 2.79. The minimum absolute atomic E-state index is 0.121. The Hall–Kier alpha value is -1.24. The van der Waals surface area contributed by atoms with Crippen molar-refractivity contribution in [3.8, 4) is 0 Å². The predicted octanol–water partition coefficient (Wildman–Crippen LogP) is 4.35. The Balaban J connectivity index is 1.69. The summed E-state index contributed by atoms with van der Waals surface area (Å²) in [5.41, 5.74) is -3.29. The van der Waals surface area contributed by atoms with Gasteiger partial charge in [-0.25, -0.2) is 0 Å². The van der Waals surface area contributed by atoms with E-state index >= 15 is 0 Å². The topological polar surface area (TPSA) is 115 Å². The molecule has 0 saturated heterocycles. The summed E-state index contributed by atoms with van der Waals surface area (Å²) in [6.45, 7) is 14.4. The fourth-order valence-electron chi connectivity index (χ4n) is 10.9. The molecule has 5 aliphatic carbocycles. The Morgan fingerprint density at radius 3 is 2.28 bits per heavy atom. The zero-order valence-electron chi connectivity index (χ0n) is 23.1. The molecule has 6 heteroatoms. The molecule has 0 radical (unpaired) electrons. The highest BCUT2D eigenvalue weighted by atomic mass is 16.4. The summed E-state index contributed by atoms with van der Waals surface area (Å²) in [5.74, 6) is -1.62. The fraction of sp³-hybridized carbons (Fsp3) is 0.867. The van der Waals surface area contributed by atoms with Crippen molar-refractivity contribution in [3.63, 3.8) is 0 Å². The van der Waals surface area contributed by atoms with Crippen molar-refractivity contribution in [2.24, 2.45) is 50.7 Å². The normalized spacial score (nSPS) is 55.9. The Kier molecular flexibility index (Phi) is 5.45. The van der Waals surface area contributed by atoms with Gasteiger partial charge in [-0.3, -0.25) is 9.59 Å². The Morgan fingerprint density at radius 2 is 1.67 bits per heavy atom. The van der Waals surface area contributed by atoms with Crippen LogP contribution in [0.2, 0.25) is 0 Å². The molecule has 0 amide bonds. The van der Waals surface area contributed by atoms with Crippen LogP contribution in [0.15, 0.2) is 11.6 Å². The molecule has 0 aromatic rings. The van der Waals surface area contributed by atoms with E-state index in [1.54, 1.807) is 6.92 Å². The number of ketones is 1. The molecule has 36 heavy (non-hydrogen) atoms. The van der Waals surface area contributed by atoms with Crippen molar-refractivity contribution < 1.29 is 30.0 Å². The van der Waals surface area contributed by atoms with Gasteiger partial charge in [-0.1, -0.05) is 53.2 Å². The number of carboxylic acids is 1. The van der Waals surface area contributed by atoms with Crippen LogP contribution in [0.4, 0.5) is 0 Å². The van der Waals surface area contributed by atoms with Crippen molar-refractivity contribution in [1.29, 1.82) is 0 Å². The van der Waals surface area contributed by atoms with Gasteiger partial charge in [0.2, 0.25) is 0 Å². The number of carbonyl (C=O) groups excluding carboxylic acids is 1. The van der Waals surface area contributed by atoms with Gasteiger partial charge in [-0.05, 0) is 73.5 Å². The second-order valence-electron chi connectivity index (χ2n) is 14.8. The Morgan fingerprint density at radius 1 is 1.03 bits per heavy atom. The lowest BCUT2D eigenvalue weighted by atomic mass is 9.32. The maximum absolute atomic E-state index is 12.9. The average Bonchev–Trinajstić information content (AvgIpc) is 2.74. The second kappa shape index (κ2) is 7.45. The minimum Gasteiger partial charge on any atom is -0.481 e. The van der Waals surface area contributed by atoms with Crippen LogP contribution in [0, 0.1) is 50.7 Å². The lowest BCUT2D eigenvalue weighted by Gasteiger charge is -2.72. The van der Waals surface area contributed by atoms with Crippen LogP contribution < -0.4 is 0 Å². The molecule has 0 aliphatic heterocycles. The van der Waals surface area contributed by atoms with Crippen LogP contribution in [0.1, 0.15) is 93.4 Å². The number of aliphatic hydroxyl groups excluding tert-OH is 2. The van der Waals surface area contributed by atoms with E-state index in [1.165, 1.54) is 0 Å². The first-order valence-electron chi connectivity index (χ1n) is 14.0. The molecule has 11 unspecified atom stereocenters. The van der Waals surface area contributed by atoms with Crippen molar-refractivity contribution >= 4 is 11.8 Å². The monoisotopic (exact) mass is 502 g/mol. The van der Waals surface area contributed by atoms with Crippen molar-refractivity contribution in [2.75, 3.05) is 0 Å². The summed E-state index contributed by atoms with van der Waals surface area (Å²) in [5, 5.41) is 45.4. The SMILES string of the molecule is CC1CC(O)C2(C(=O)O)CCC3(C)C(=CCC4C5(C)CCC(=O)C(C)(C)C5C(O)CC43C)C2C1(C)O. The van der Waals surface area contributed by atoms with Crippen LogP contribution in [-0.4, -0.2) is 50.0 Å². The number of rotatable bonds is 1. The van der Waals surface area contributed by atoms with Crippen LogP contribution >= 0.6 is 0 Å². The Labute approximate surface area is 215 Å². The van der Waals surface area contributed by atoms with Gasteiger partial charge >= 0.3 is 5.97 Å². The van der Waals surface area contributed by atoms with Gasteiger partial charge in [0.1, 0.15) is 11.2 Å². The largest absolute Gasteiger partial charge is 0.481 e. The number of aliphatic carboxylic acids is 1. The maximum atomic E-state index is 12.9. The molecular weight excluding hydrogens is 456 g/mol. The third-order valence-corrected chi connectivity index (χ3v) is 13.2. The molecule has 5 aliphatic rings. The van der Waals surface area contributed by atoms with E-state index in [0.717, 1.165) is 18.4 Å². The smallest absolute Gasteiger partial charge is 0.313 e. The van der Waals surface area contributed by atoms with Crippen LogP contribution in [0.5, 0.6) is 0 Å². The van der Waals surface area contributed by atoms with Gasteiger partial charge in [0.15, 0.2) is 0 Å². The van der Waals surface area contributed by atoms with Crippen LogP contribution in [-0.2, 0) is 9.59 Å². The molecule has 0 bridgehead atoms. The summed E-state index contributed by atoms with van der Waals surface area (Å²) < 4.78 is 0. The molecule has 202 valence electrons. The van der Waals surface area contributed by atoms with E-state index in [-0.39, 0.29) is 40.8 Å². The van der Waals surface area contributed by atoms with E-state index < -0.39 is 45.9 Å². The van der Waals surface area contributed by atoms with Crippen molar-refractivity contribution in [1.82, 2.24) is 0 Å². The minimum atomic E-state index is -1.41. The molecule has 0 aromatic heterocycles. The molecule has 11 atom stereocenters. The van der Waals surface area contributed by atoms with E-state index in [9.17, 15) is 30.0 Å². The summed E-state index contributed by atoms with van der Waals surface area (Å²) in [6.07, 6.45) is 4.28. The first kappa shape index (κ1) is 26.4. The lowest BCUT2D eigenvalue weighted by Crippen LogP contribution is -2.71. The molecule has 4 N–H and O–H groups in total. The summed E-state index contributed by atoms with van der Waals surface area (Å²) in [7, 11) is 0. The standard InChI is InChI=1S/C30H46O6/c1-16-14-21(33)30(24(34)35)13-12-27(5)17(22(30)29(16,7)36)8-9-19-26(4)11-10-20(32)25(2,3)23(26)18(31)15-28(19,27)6/h8,16,18-19,21-23,31,33,36H,9-15H2,1-7H3,(H,34,35). The zero-order valence-corrected chi connectivity index (χ0v) is 23.1. The van der Waals surface area contributed by atoms with Gasteiger partial charge in [0.25, 0.3) is 0 Å². The maximum Gasteiger partial charge on any atom is 0.313 e. The number of hydrogen-bond donors (Lipinski definition) is 4. The number of Topliss-reactive ketones (excluding diaryl/α,β-unsaturated/α-hetero) is 1. The number of aliphatic hydroxyl groups is 3. The highest BCUT2D eigenvalue weighted by Crippen LogP contribution is 2.75. The van der Waals surface area contributed by atoms with E-state index in [2.05, 4.69) is 26.8 Å². The number of carboxylic acid groups (broad SMARTS) is 1. The zero-order chi connectivity index (χ0) is 26.9. The summed E-state index contributed by atoms with van der Waals surface area (Å²) in [6, 6.07) is 0. The first-order chi connectivity index (χ1) is 16.4. The third-order valence-electron chi connectivity index (χ3n) is 13.2. The average molecular weight is 503 g/mol. The van der Waals surface area contributed by atoms with Gasteiger partial charge < -0.3 is 20.4 Å². The number of fused-ring (bicyclic) bond motifs is 7. The fourth-order valence-corrected chi connectivity index (χ4v) is 10.9. The quantitative estimate of drug-likeness (QED) is 0.396.